The van der Waals surface area contributed by atoms with Crippen LogP contribution >= 0.6 is 0 Å². The van der Waals surface area contributed by atoms with Crippen molar-refractivity contribution in [3.05, 3.63) is 29.8 Å². The molecule has 0 spiro atoms. The van der Waals surface area contributed by atoms with E-state index in [9.17, 15) is 4.79 Å². The summed E-state index contributed by atoms with van der Waals surface area (Å²) in [6.07, 6.45) is 3.59. The van der Waals surface area contributed by atoms with Gasteiger partial charge in [0.15, 0.2) is 0 Å². The number of primary amides is 1. The fourth-order valence-corrected chi connectivity index (χ4v) is 4.41. The van der Waals surface area contributed by atoms with Crippen LogP contribution in [0.3, 0.4) is 0 Å². The zero-order valence-corrected chi connectivity index (χ0v) is 12.7. The zero-order valence-electron chi connectivity index (χ0n) is 12.7. The van der Waals surface area contributed by atoms with Gasteiger partial charge < -0.3 is 10.5 Å². The van der Waals surface area contributed by atoms with Crippen LogP contribution in [0, 0.1) is 11.8 Å². The summed E-state index contributed by atoms with van der Waals surface area (Å²) in [4.78, 5) is 18.8. The predicted molar refractivity (Wildman–Crippen MR) is 83.8 cm³/mol. The van der Waals surface area contributed by atoms with Gasteiger partial charge in [-0.1, -0.05) is 12.1 Å². The highest BCUT2D eigenvalue weighted by molar-refractivity contribution is 5.89. The van der Waals surface area contributed by atoms with E-state index in [2.05, 4.69) is 22.0 Å². The Morgan fingerprint density at radius 2 is 2.18 bits per heavy atom. The van der Waals surface area contributed by atoms with Gasteiger partial charge in [-0.25, -0.2) is 0 Å². The molecule has 5 rings (SSSR count). The van der Waals surface area contributed by atoms with Crippen LogP contribution in [-0.4, -0.2) is 42.3 Å². The van der Waals surface area contributed by atoms with Gasteiger partial charge in [-0.15, -0.1) is 0 Å². The van der Waals surface area contributed by atoms with E-state index < -0.39 is 5.54 Å². The first-order chi connectivity index (χ1) is 10.6. The van der Waals surface area contributed by atoms with Gasteiger partial charge in [-0.05, 0) is 36.5 Å². The number of aliphatic imine (C=N–C) groups is 1. The summed E-state index contributed by atoms with van der Waals surface area (Å²) in [5.74, 6) is 1.62. The SMILES string of the molecule is COc1ccc(CN2CC3CC4(C(N)=O)CC2C3C=N4)cc1. The second-order valence-corrected chi connectivity index (χ2v) is 6.76. The normalized spacial score (nSPS) is 35.8. The van der Waals surface area contributed by atoms with Gasteiger partial charge in [0.25, 0.3) is 0 Å². The molecule has 1 saturated heterocycles. The first kappa shape index (κ1) is 13.8. The predicted octanol–water partition coefficient (Wildman–Crippen LogP) is 1.21. The molecule has 4 atom stereocenters. The van der Waals surface area contributed by atoms with Crippen molar-refractivity contribution >= 4 is 12.1 Å². The number of methoxy groups -OCH3 is 1. The summed E-state index contributed by atoms with van der Waals surface area (Å²) in [5.41, 5.74) is 6.27. The minimum absolute atomic E-state index is 0.261. The lowest BCUT2D eigenvalue weighted by molar-refractivity contribution is -0.125. The molecular formula is C17H21N3O2. The van der Waals surface area contributed by atoms with Crippen LogP contribution in [0.1, 0.15) is 18.4 Å². The molecule has 5 heteroatoms. The average molecular weight is 299 g/mol. The Morgan fingerprint density at radius 3 is 2.86 bits per heavy atom. The van der Waals surface area contributed by atoms with Crippen LogP contribution in [0.2, 0.25) is 0 Å². The summed E-state index contributed by atoms with van der Waals surface area (Å²) in [7, 11) is 1.68. The maximum atomic E-state index is 11.9. The van der Waals surface area contributed by atoms with Crippen molar-refractivity contribution in [2.45, 2.75) is 31.0 Å². The molecule has 116 valence electrons. The third-order valence-electron chi connectivity index (χ3n) is 5.57. The van der Waals surface area contributed by atoms with Crippen molar-refractivity contribution < 1.29 is 9.53 Å². The van der Waals surface area contributed by atoms with Crippen molar-refractivity contribution in [2.75, 3.05) is 13.7 Å². The van der Waals surface area contributed by atoms with Gasteiger partial charge >= 0.3 is 0 Å². The third kappa shape index (κ3) is 1.96. The average Bonchev–Trinajstić information content (AvgIpc) is 2.79. The van der Waals surface area contributed by atoms with E-state index in [0.29, 0.717) is 17.9 Å². The number of nitrogens with two attached hydrogens (primary N) is 1. The quantitative estimate of drug-likeness (QED) is 0.909. The monoisotopic (exact) mass is 299 g/mol. The molecule has 3 aliphatic heterocycles. The molecule has 5 nitrogen and oxygen atoms in total. The number of nitrogens with zero attached hydrogens (tertiary/aromatic N) is 2. The van der Waals surface area contributed by atoms with Crippen LogP contribution in [0.15, 0.2) is 29.3 Å². The number of hydrogen-bond donors (Lipinski definition) is 1. The Labute approximate surface area is 130 Å². The fourth-order valence-electron chi connectivity index (χ4n) is 4.41. The van der Waals surface area contributed by atoms with Crippen molar-refractivity contribution in [1.29, 1.82) is 0 Å². The summed E-state index contributed by atoms with van der Waals surface area (Å²) >= 11 is 0. The van der Waals surface area contributed by atoms with Crippen molar-refractivity contribution in [3.8, 4) is 5.75 Å². The Balaban J connectivity index is 1.54. The molecule has 0 radical (unpaired) electrons. The second-order valence-electron chi connectivity index (χ2n) is 6.76. The number of amides is 1. The lowest BCUT2D eigenvalue weighted by Gasteiger charge is -2.43. The van der Waals surface area contributed by atoms with E-state index in [0.717, 1.165) is 31.7 Å². The molecule has 1 aliphatic carbocycles. The first-order valence-electron chi connectivity index (χ1n) is 7.83. The first-order valence-corrected chi connectivity index (χ1v) is 7.83. The molecule has 1 saturated carbocycles. The van der Waals surface area contributed by atoms with Crippen LogP contribution in [-0.2, 0) is 11.3 Å². The van der Waals surface area contributed by atoms with Crippen LogP contribution in [0.5, 0.6) is 5.75 Å². The number of rotatable bonds is 4. The molecule has 4 aliphatic rings. The van der Waals surface area contributed by atoms with E-state index >= 15 is 0 Å². The van der Waals surface area contributed by atoms with Gasteiger partial charge in [-0.3, -0.25) is 14.7 Å². The second kappa shape index (κ2) is 4.81. The number of benzene rings is 1. The molecule has 1 amide bonds. The number of likely N-dealkylation sites (tertiary alicyclic amines) is 1. The van der Waals surface area contributed by atoms with Crippen molar-refractivity contribution in [1.82, 2.24) is 4.90 Å². The number of carbonyl (C=O) groups is 1. The molecule has 1 aromatic carbocycles. The largest absolute Gasteiger partial charge is 0.497 e. The zero-order chi connectivity index (χ0) is 15.3. The standard InChI is InChI=1S/C17H21N3O2/c1-22-13-4-2-11(3-5-13)9-20-10-12-6-17(16(18)21)7-15(20)14(12)8-19-17/h2-5,8,12,14-15H,6-7,9-10H2,1H3,(H2,18,21). The molecule has 3 heterocycles. The van der Waals surface area contributed by atoms with Crippen LogP contribution in [0.4, 0.5) is 0 Å². The Hall–Kier alpha value is -1.88. The van der Waals surface area contributed by atoms with E-state index in [1.807, 2.05) is 18.3 Å². The van der Waals surface area contributed by atoms with Crippen LogP contribution < -0.4 is 10.5 Å². The lowest BCUT2D eigenvalue weighted by Crippen LogP contribution is -2.55. The topological polar surface area (TPSA) is 67.9 Å². The van der Waals surface area contributed by atoms with Crippen molar-refractivity contribution in [2.24, 2.45) is 22.6 Å². The summed E-state index contributed by atoms with van der Waals surface area (Å²) in [5, 5.41) is 0. The molecule has 2 N–H and O–H groups in total. The summed E-state index contributed by atoms with van der Waals surface area (Å²) in [6, 6.07) is 8.60. The van der Waals surface area contributed by atoms with Gasteiger partial charge in [0, 0.05) is 31.3 Å². The fraction of sp³-hybridized carbons (Fsp3) is 0.529. The number of carbonyl (C=O) groups excluding carboxylic acids is 1. The Morgan fingerprint density at radius 1 is 1.41 bits per heavy atom. The molecule has 2 fully saturated rings. The van der Waals surface area contributed by atoms with Gasteiger partial charge in [0.2, 0.25) is 5.91 Å². The van der Waals surface area contributed by atoms with E-state index in [4.69, 9.17) is 10.5 Å². The molecular weight excluding hydrogens is 278 g/mol. The molecule has 4 unspecified atom stereocenters. The van der Waals surface area contributed by atoms with Crippen molar-refractivity contribution in [3.63, 3.8) is 0 Å². The minimum atomic E-state index is -0.640. The molecule has 4 bridgehead atoms. The van der Waals surface area contributed by atoms with Crippen LogP contribution in [0.25, 0.3) is 0 Å². The maximum Gasteiger partial charge on any atom is 0.245 e. The number of hydrogen-bond acceptors (Lipinski definition) is 4. The third-order valence-corrected chi connectivity index (χ3v) is 5.57. The number of ether oxygens (including phenoxy) is 1. The Bertz CT molecular complexity index is 627. The molecule has 0 aromatic heterocycles. The molecule has 22 heavy (non-hydrogen) atoms. The minimum Gasteiger partial charge on any atom is -0.497 e. The smallest absolute Gasteiger partial charge is 0.245 e. The summed E-state index contributed by atoms with van der Waals surface area (Å²) < 4.78 is 5.21. The maximum absolute atomic E-state index is 11.9. The van der Waals surface area contributed by atoms with E-state index in [-0.39, 0.29) is 5.91 Å². The Kier molecular flexibility index (Phi) is 3.01. The van der Waals surface area contributed by atoms with Gasteiger partial charge in [0.1, 0.15) is 11.3 Å². The summed E-state index contributed by atoms with van der Waals surface area (Å²) in [6.45, 7) is 1.94. The lowest BCUT2D eigenvalue weighted by atomic mass is 9.67. The highest BCUT2D eigenvalue weighted by Gasteiger charge is 2.57. The highest BCUT2D eigenvalue weighted by Crippen LogP contribution is 2.49. The van der Waals surface area contributed by atoms with E-state index in [1.165, 1.54) is 5.56 Å². The molecule has 1 aromatic rings. The van der Waals surface area contributed by atoms with E-state index in [1.54, 1.807) is 7.11 Å². The van der Waals surface area contributed by atoms with Gasteiger partial charge in [0.05, 0.1) is 7.11 Å². The highest BCUT2D eigenvalue weighted by atomic mass is 16.5. The van der Waals surface area contributed by atoms with Gasteiger partial charge in [-0.2, -0.15) is 0 Å².